The summed E-state index contributed by atoms with van der Waals surface area (Å²) in [6, 6.07) is 10.3. The highest BCUT2D eigenvalue weighted by Gasteiger charge is 2.32. The van der Waals surface area contributed by atoms with E-state index in [1.165, 1.54) is 19.2 Å². The van der Waals surface area contributed by atoms with Crippen LogP contribution in [-0.2, 0) is 23.9 Å². The molecule has 10 nitrogen and oxygen atoms in total. The van der Waals surface area contributed by atoms with Gasteiger partial charge in [0.05, 0.1) is 25.5 Å². The SMILES string of the molecule is COC(=O)CC(NC(=O)C1CCCN(C(=O)CCC2CCN(C(=O)OC(C)(C)C)CC2)C1)c1cc(F)cc(-c2ccc(OCCF)cc2)c1. The number of likely N-dealkylation sites (tertiary alicyclic amines) is 2. The van der Waals surface area contributed by atoms with Crippen molar-refractivity contribution in [1.82, 2.24) is 15.1 Å². The van der Waals surface area contributed by atoms with E-state index in [0.29, 0.717) is 73.7 Å². The third kappa shape index (κ3) is 11.4. The maximum atomic E-state index is 14.9. The number of nitrogens with one attached hydrogen (secondary N) is 1. The molecule has 49 heavy (non-hydrogen) atoms. The Morgan fingerprint density at radius 3 is 2.33 bits per heavy atom. The van der Waals surface area contributed by atoms with Crippen LogP contribution >= 0.6 is 0 Å². The average molecular weight is 686 g/mol. The number of halogens is 2. The molecule has 2 aromatic rings. The van der Waals surface area contributed by atoms with Gasteiger partial charge in [-0.15, -0.1) is 0 Å². The van der Waals surface area contributed by atoms with E-state index < -0.39 is 36.0 Å². The molecule has 12 heteroatoms. The van der Waals surface area contributed by atoms with Gasteiger partial charge in [-0.1, -0.05) is 12.1 Å². The van der Waals surface area contributed by atoms with Gasteiger partial charge in [-0.05, 0) is 106 Å². The second-order valence-corrected chi connectivity index (χ2v) is 13.8. The van der Waals surface area contributed by atoms with E-state index in [-0.39, 0.29) is 37.5 Å². The molecular formula is C37H49F2N3O7. The van der Waals surface area contributed by atoms with Crippen molar-refractivity contribution in [2.45, 2.75) is 77.4 Å². The van der Waals surface area contributed by atoms with E-state index in [1.807, 2.05) is 20.8 Å². The minimum Gasteiger partial charge on any atom is -0.491 e. The fraction of sp³-hybridized carbons (Fsp3) is 0.568. The number of hydrogen-bond donors (Lipinski definition) is 1. The number of nitrogens with zero attached hydrogens (tertiary/aromatic N) is 2. The van der Waals surface area contributed by atoms with Crippen LogP contribution in [0.15, 0.2) is 42.5 Å². The van der Waals surface area contributed by atoms with Crippen LogP contribution in [0.2, 0.25) is 0 Å². The minimum absolute atomic E-state index is 0.00549. The molecule has 3 amide bonds. The third-order valence-electron chi connectivity index (χ3n) is 8.95. The molecule has 268 valence electrons. The molecule has 0 radical (unpaired) electrons. The first kappa shape index (κ1) is 37.6. The van der Waals surface area contributed by atoms with E-state index >= 15 is 0 Å². The number of methoxy groups -OCH3 is 1. The Hall–Kier alpha value is -4.22. The molecule has 0 aliphatic carbocycles. The molecule has 0 bridgehead atoms. The monoisotopic (exact) mass is 685 g/mol. The zero-order valence-corrected chi connectivity index (χ0v) is 29.0. The Morgan fingerprint density at radius 2 is 1.67 bits per heavy atom. The molecule has 0 spiro atoms. The number of hydrogen-bond acceptors (Lipinski definition) is 7. The molecule has 1 N–H and O–H groups in total. The van der Waals surface area contributed by atoms with Gasteiger partial charge in [-0.25, -0.2) is 13.6 Å². The Morgan fingerprint density at radius 1 is 0.959 bits per heavy atom. The number of esters is 1. The normalized spacial score (nSPS) is 17.6. The second-order valence-electron chi connectivity index (χ2n) is 13.8. The third-order valence-corrected chi connectivity index (χ3v) is 8.95. The summed E-state index contributed by atoms with van der Waals surface area (Å²) in [6.07, 6.45) is 3.42. The first-order chi connectivity index (χ1) is 23.3. The van der Waals surface area contributed by atoms with Crippen molar-refractivity contribution in [3.8, 4) is 16.9 Å². The molecule has 2 saturated heterocycles. The maximum Gasteiger partial charge on any atom is 0.410 e. The summed E-state index contributed by atoms with van der Waals surface area (Å²) in [5.74, 6) is -1.11. The maximum absolute atomic E-state index is 14.9. The van der Waals surface area contributed by atoms with Crippen molar-refractivity contribution >= 4 is 23.9 Å². The Kier molecular flexibility index (Phi) is 13.4. The standard InChI is InChI=1S/C37H49F2N3O7/c1-37(2,3)49-36(46)41-17-13-25(14-18-41)7-12-33(43)42-16-5-6-27(24-42)35(45)40-32(23-34(44)47-4)29-20-28(21-30(39)22-29)26-8-10-31(11-9-26)48-19-15-38/h8-11,20-22,25,27,32H,5-7,12-19,23-24H2,1-4H3,(H,40,45). The molecule has 2 atom stereocenters. The summed E-state index contributed by atoms with van der Waals surface area (Å²) in [6.45, 7) is 6.88. The van der Waals surface area contributed by atoms with E-state index in [2.05, 4.69) is 5.32 Å². The molecule has 2 heterocycles. The number of amides is 3. The van der Waals surface area contributed by atoms with Gasteiger partial charge < -0.3 is 29.3 Å². The van der Waals surface area contributed by atoms with Gasteiger partial charge in [0.2, 0.25) is 11.8 Å². The lowest BCUT2D eigenvalue weighted by Gasteiger charge is -2.35. The smallest absolute Gasteiger partial charge is 0.410 e. The van der Waals surface area contributed by atoms with Crippen LogP contribution in [0.25, 0.3) is 11.1 Å². The average Bonchev–Trinajstić information content (AvgIpc) is 3.08. The first-order valence-electron chi connectivity index (χ1n) is 17.1. The van der Waals surface area contributed by atoms with Crippen molar-refractivity contribution in [1.29, 1.82) is 0 Å². The largest absolute Gasteiger partial charge is 0.491 e. The lowest BCUT2D eigenvalue weighted by atomic mass is 9.91. The highest BCUT2D eigenvalue weighted by molar-refractivity contribution is 5.82. The van der Waals surface area contributed by atoms with Gasteiger partial charge in [0.1, 0.15) is 30.4 Å². The van der Waals surface area contributed by atoms with Gasteiger partial charge in [0, 0.05) is 32.6 Å². The second kappa shape index (κ2) is 17.4. The summed E-state index contributed by atoms with van der Waals surface area (Å²) < 4.78 is 43.0. The Bertz CT molecular complexity index is 1440. The molecule has 2 aromatic carbocycles. The predicted octanol–water partition coefficient (Wildman–Crippen LogP) is 6.23. The fourth-order valence-electron chi connectivity index (χ4n) is 6.31. The quantitative estimate of drug-likeness (QED) is 0.264. The number of benzene rings is 2. The van der Waals surface area contributed by atoms with Crippen LogP contribution in [0.3, 0.4) is 0 Å². The van der Waals surface area contributed by atoms with Gasteiger partial charge in [0.15, 0.2) is 0 Å². The highest BCUT2D eigenvalue weighted by Crippen LogP contribution is 2.30. The van der Waals surface area contributed by atoms with E-state index in [0.717, 1.165) is 12.8 Å². The van der Waals surface area contributed by atoms with E-state index in [9.17, 15) is 28.0 Å². The number of carbonyl (C=O) groups excluding carboxylic acids is 4. The Balaban J connectivity index is 1.35. The number of piperidine rings is 2. The number of ether oxygens (including phenoxy) is 3. The summed E-state index contributed by atoms with van der Waals surface area (Å²) in [5, 5.41) is 2.93. The molecule has 0 aromatic heterocycles. The van der Waals surface area contributed by atoms with Crippen LogP contribution in [-0.4, -0.2) is 85.8 Å². The lowest BCUT2D eigenvalue weighted by molar-refractivity contribution is -0.141. The van der Waals surface area contributed by atoms with Gasteiger partial charge in [-0.2, -0.15) is 0 Å². The predicted molar refractivity (Wildman–Crippen MR) is 180 cm³/mol. The molecule has 2 aliphatic heterocycles. The molecular weight excluding hydrogens is 636 g/mol. The Labute approximate surface area is 287 Å². The first-order valence-corrected chi connectivity index (χ1v) is 17.1. The van der Waals surface area contributed by atoms with E-state index in [1.54, 1.807) is 40.1 Å². The van der Waals surface area contributed by atoms with Crippen molar-refractivity contribution in [2.75, 3.05) is 46.6 Å². The van der Waals surface area contributed by atoms with Gasteiger partial charge in [-0.3, -0.25) is 14.4 Å². The number of rotatable bonds is 12. The van der Waals surface area contributed by atoms with Crippen LogP contribution in [0, 0.1) is 17.7 Å². The van der Waals surface area contributed by atoms with Crippen molar-refractivity contribution in [3.05, 3.63) is 53.8 Å². The zero-order valence-electron chi connectivity index (χ0n) is 29.0. The number of carbonyl (C=O) groups is 4. The highest BCUT2D eigenvalue weighted by atomic mass is 19.1. The van der Waals surface area contributed by atoms with Crippen molar-refractivity contribution < 1.29 is 42.2 Å². The molecule has 0 saturated carbocycles. The van der Waals surface area contributed by atoms with Crippen molar-refractivity contribution in [3.63, 3.8) is 0 Å². The van der Waals surface area contributed by atoms with E-state index in [4.69, 9.17) is 14.2 Å². The van der Waals surface area contributed by atoms with Crippen LogP contribution < -0.4 is 10.1 Å². The summed E-state index contributed by atoms with van der Waals surface area (Å²) in [4.78, 5) is 55.0. The summed E-state index contributed by atoms with van der Waals surface area (Å²) in [7, 11) is 1.25. The lowest BCUT2D eigenvalue weighted by Crippen LogP contribution is -2.46. The molecule has 2 unspecified atom stereocenters. The van der Waals surface area contributed by atoms with Crippen molar-refractivity contribution in [2.24, 2.45) is 11.8 Å². The number of alkyl halides is 1. The zero-order chi connectivity index (χ0) is 35.6. The fourth-order valence-corrected chi connectivity index (χ4v) is 6.31. The van der Waals surface area contributed by atoms with Crippen LogP contribution in [0.5, 0.6) is 5.75 Å². The topological polar surface area (TPSA) is 114 Å². The molecule has 4 rings (SSSR count). The molecule has 2 aliphatic rings. The molecule has 2 fully saturated rings. The van der Waals surface area contributed by atoms with Gasteiger partial charge in [0.25, 0.3) is 0 Å². The summed E-state index contributed by atoms with van der Waals surface area (Å²) >= 11 is 0. The minimum atomic E-state index is -0.862. The van der Waals surface area contributed by atoms with Gasteiger partial charge >= 0.3 is 12.1 Å². The van der Waals surface area contributed by atoms with Crippen LogP contribution in [0.1, 0.15) is 77.3 Å². The van der Waals surface area contributed by atoms with Crippen LogP contribution in [0.4, 0.5) is 13.6 Å². The summed E-state index contributed by atoms with van der Waals surface area (Å²) in [5.41, 5.74) is 1.05.